The smallest absolute Gasteiger partial charge is 0.194 e. The van der Waals surface area contributed by atoms with Crippen molar-refractivity contribution in [3.8, 4) is 0 Å². The van der Waals surface area contributed by atoms with Gasteiger partial charge in [-0.05, 0) is 19.8 Å². The van der Waals surface area contributed by atoms with E-state index in [2.05, 4.69) is 13.8 Å². The molecule has 0 N–H and O–H groups in total. The van der Waals surface area contributed by atoms with E-state index < -0.39 is 8.03 Å². The van der Waals surface area contributed by atoms with Crippen LogP contribution in [0.3, 0.4) is 0 Å². The summed E-state index contributed by atoms with van der Waals surface area (Å²) in [5.74, 6) is 0. The SMILES string of the molecule is CCCC(C)O[PH](=O)C(C)CCC.[Zn]. The monoisotopic (exact) mass is 270 g/mol. The molecule has 0 aliphatic heterocycles. The summed E-state index contributed by atoms with van der Waals surface area (Å²) in [5.41, 5.74) is 0.245. The fraction of sp³-hybridized carbons (Fsp3) is 1.00. The van der Waals surface area contributed by atoms with Gasteiger partial charge < -0.3 is 4.52 Å². The third-order valence-electron chi connectivity index (χ3n) is 2.14. The molecule has 0 fully saturated rings. The van der Waals surface area contributed by atoms with Crippen LogP contribution in [0.1, 0.15) is 53.4 Å². The second-order valence-corrected chi connectivity index (χ2v) is 5.59. The van der Waals surface area contributed by atoms with E-state index in [1.165, 1.54) is 0 Å². The molecule has 0 aliphatic rings. The molecule has 3 atom stereocenters. The molecule has 0 aliphatic carbocycles. The molecule has 0 heterocycles. The zero-order chi connectivity index (χ0) is 10.3. The Bertz CT molecular complexity index is 153. The molecule has 82 valence electrons. The van der Waals surface area contributed by atoms with E-state index in [1.54, 1.807) is 0 Å². The molecular formula is C10H23O2PZn. The van der Waals surface area contributed by atoms with E-state index in [9.17, 15) is 4.57 Å². The summed E-state index contributed by atoms with van der Waals surface area (Å²) in [7, 11) is -1.80. The van der Waals surface area contributed by atoms with Gasteiger partial charge in [-0.2, -0.15) is 0 Å². The van der Waals surface area contributed by atoms with Crippen LogP contribution in [-0.2, 0) is 28.6 Å². The van der Waals surface area contributed by atoms with Gasteiger partial charge in [0.2, 0.25) is 0 Å². The fourth-order valence-corrected chi connectivity index (χ4v) is 2.60. The molecule has 0 amide bonds. The average molecular weight is 272 g/mol. The topological polar surface area (TPSA) is 26.3 Å². The van der Waals surface area contributed by atoms with Gasteiger partial charge in [0.05, 0.1) is 6.10 Å². The van der Waals surface area contributed by atoms with E-state index in [0.29, 0.717) is 0 Å². The zero-order valence-electron chi connectivity index (χ0n) is 10.0. The van der Waals surface area contributed by atoms with Gasteiger partial charge in [0, 0.05) is 25.1 Å². The molecule has 0 aromatic heterocycles. The van der Waals surface area contributed by atoms with E-state index in [0.717, 1.165) is 25.7 Å². The summed E-state index contributed by atoms with van der Waals surface area (Å²) in [4.78, 5) is 0. The Morgan fingerprint density at radius 1 is 1.14 bits per heavy atom. The number of rotatable bonds is 7. The Hall–Kier alpha value is 0.813. The van der Waals surface area contributed by atoms with Crippen LogP contribution in [0, 0.1) is 0 Å². The molecule has 14 heavy (non-hydrogen) atoms. The van der Waals surface area contributed by atoms with Crippen LogP contribution in [-0.4, -0.2) is 11.8 Å². The summed E-state index contributed by atoms with van der Waals surface area (Å²) < 4.78 is 17.0. The van der Waals surface area contributed by atoms with Crippen molar-refractivity contribution in [2.24, 2.45) is 0 Å². The summed E-state index contributed by atoms with van der Waals surface area (Å²) in [6.45, 7) is 8.25. The van der Waals surface area contributed by atoms with E-state index in [-0.39, 0.29) is 31.2 Å². The quantitative estimate of drug-likeness (QED) is 0.519. The number of hydrogen-bond acceptors (Lipinski definition) is 2. The van der Waals surface area contributed by atoms with Gasteiger partial charge in [-0.1, -0.05) is 33.6 Å². The molecule has 2 nitrogen and oxygen atoms in total. The molecule has 0 saturated heterocycles. The van der Waals surface area contributed by atoms with Crippen molar-refractivity contribution in [1.82, 2.24) is 0 Å². The largest absolute Gasteiger partial charge is 0.327 e. The molecule has 0 aromatic carbocycles. The molecule has 0 rings (SSSR count). The maximum atomic E-state index is 11.6. The van der Waals surface area contributed by atoms with Crippen LogP contribution < -0.4 is 0 Å². The summed E-state index contributed by atoms with van der Waals surface area (Å²) in [6.07, 6.45) is 4.36. The minimum atomic E-state index is -1.80. The summed E-state index contributed by atoms with van der Waals surface area (Å²) >= 11 is 0. The van der Waals surface area contributed by atoms with Gasteiger partial charge in [-0.3, -0.25) is 4.57 Å². The van der Waals surface area contributed by atoms with Crippen molar-refractivity contribution in [3.05, 3.63) is 0 Å². The predicted molar refractivity (Wildman–Crippen MR) is 58.8 cm³/mol. The molecule has 0 aromatic rings. The first kappa shape index (κ1) is 17.2. The average Bonchev–Trinajstić information content (AvgIpc) is 2.05. The van der Waals surface area contributed by atoms with Crippen LogP contribution in [0.25, 0.3) is 0 Å². The molecule has 0 bridgehead atoms. The van der Waals surface area contributed by atoms with Gasteiger partial charge in [0.25, 0.3) is 0 Å². The predicted octanol–water partition coefficient (Wildman–Crippen LogP) is 3.85. The molecular weight excluding hydrogens is 248 g/mol. The summed E-state index contributed by atoms with van der Waals surface area (Å²) in [5, 5.41) is 0. The molecule has 0 radical (unpaired) electrons. The van der Waals surface area contributed by atoms with Crippen molar-refractivity contribution in [2.45, 2.75) is 65.1 Å². The van der Waals surface area contributed by atoms with Crippen molar-refractivity contribution in [1.29, 1.82) is 0 Å². The van der Waals surface area contributed by atoms with Gasteiger partial charge in [0.1, 0.15) is 0 Å². The first-order valence-corrected chi connectivity index (χ1v) is 6.71. The molecule has 4 heteroatoms. The Morgan fingerprint density at radius 2 is 1.64 bits per heavy atom. The minimum Gasteiger partial charge on any atom is -0.327 e. The van der Waals surface area contributed by atoms with Gasteiger partial charge in [-0.15, -0.1) is 0 Å². The Kier molecular flexibility index (Phi) is 12.7. The first-order valence-electron chi connectivity index (χ1n) is 5.32. The zero-order valence-corrected chi connectivity index (χ0v) is 14.0. The second kappa shape index (κ2) is 10.3. The van der Waals surface area contributed by atoms with Crippen molar-refractivity contribution < 1.29 is 28.6 Å². The Labute approximate surface area is 102 Å². The number of hydrogen-bond donors (Lipinski definition) is 0. The third kappa shape index (κ3) is 8.15. The Morgan fingerprint density at radius 3 is 2.07 bits per heavy atom. The molecule has 0 spiro atoms. The normalized spacial score (nSPS) is 16.9. The molecule has 0 saturated carbocycles. The second-order valence-electron chi connectivity index (χ2n) is 3.73. The first-order chi connectivity index (χ1) is 6.11. The maximum absolute atomic E-state index is 11.6. The van der Waals surface area contributed by atoms with E-state index in [1.807, 2.05) is 13.8 Å². The standard InChI is InChI=1S/C10H23O2P.Zn/c1-5-7-9(3)12-13(11)10(4)8-6-2;/h9-10,13H,5-8H2,1-4H3;. The van der Waals surface area contributed by atoms with E-state index in [4.69, 9.17) is 4.52 Å². The maximum Gasteiger partial charge on any atom is 0.194 e. The van der Waals surface area contributed by atoms with Crippen LogP contribution in [0.15, 0.2) is 0 Å². The van der Waals surface area contributed by atoms with Crippen molar-refractivity contribution in [2.75, 3.05) is 0 Å². The van der Waals surface area contributed by atoms with Crippen LogP contribution in [0.2, 0.25) is 0 Å². The van der Waals surface area contributed by atoms with E-state index >= 15 is 0 Å². The van der Waals surface area contributed by atoms with Gasteiger partial charge in [0.15, 0.2) is 8.03 Å². The Balaban J connectivity index is 0. The third-order valence-corrected chi connectivity index (χ3v) is 3.86. The van der Waals surface area contributed by atoms with Gasteiger partial charge >= 0.3 is 0 Å². The van der Waals surface area contributed by atoms with Crippen molar-refractivity contribution >= 4 is 8.03 Å². The fourth-order valence-electron chi connectivity index (χ4n) is 1.33. The van der Waals surface area contributed by atoms with Gasteiger partial charge in [-0.25, -0.2) is 0 Å². The van der Waals surface area contributed by atoms with Crippen molar-refractivity contribution in [3.63, 3.8) is 0 Å². The van der Waals surface area contributed by atoms with Crippen LogP contribution in [0.4, 0.5) is 0 Å². The van der Waals surface area contributed by atoms with Crippen LogP contribution >= 0.6 is 8.03 Å². The molecule has 3 unspecified atom stereocenters. The van der Waals surface area contributed by atoms with Crippen LogP contribution in [0.5, 0.6) is 0 Å². The minimum absolute atomic E-state index is 0. The summed E-state index contributed by atoms with van der Waals surface area (Å²) in [6, 6.07) is 0.